The second kappa shape index (κ2) is 9.64. The Morgan fingerprint density at radius 2 is 1.94 bits per heavy atom. The summed E-state index contributed by atoms with van der Waals surface area (Å²) >= 11 is 0. The molecule has 8 nitrogen and oxygen atoms in total. The smallest absolute Gasteiger partial charge is 0.260 e. The van der Waals surface area contributed by atoms with Crippen molar-refractivity contribution in [2.24, 2.45) is 0 Å². The summed E-state index contributed by atoms with van der Waals surface area (Å²) in [6.07, 6.45) is -0.647. The average molecular weight is 449 g/mol. The lowest BCUT2D eigenvalue weighted by Gasteiger charge is -2.17. The third-order valence-electron chi connectivity index (χ3n) is 5.20. The van der Waals surface area contributed by atoms with Crippen LogP contribution in [0.1, 0.15) is 18.1 Å². The minimum absolute atomic E-state index is 0.206. The standard InChI is InChI=1S/C24H24FN5O3/c1-15-6-4-9-20(16(15)2)33-17(3)24(31)26-12-13-32-22-11-10-21-27-28-23(30(21)29-22)18-7-5-8-19(25)14-18/h4-11,14,17H,12-13H2,1-3H3,(H,26,31). The number of amides is 1. The molecular formula is C24H24FN5O3. The molecule has 0 aliphatic rings. The molecule has 1 amide bonds. The predicted molar refractivity (Wildman–Crippen MR) is 121 cm³/mol. The summed E-state index contributed by atoms with van der Waals surface area (Å²) in [5.41, 5.74) is 3.17. The van der Waals surface area contributed by atoms with Crippen LogP contribution in [0, 0.1) is 19.7 Å². The Bertz CT molecular complexity index is 1290. The van der Waals surface area contributed by atoms with Gasteiger partial charge in [-0.25, -0.2) is 4.39 Å². The van der Waals surface area contributed by atoms with E-state index < -0.39 is 6.10 Å². The summed E-state index contributed by atoms with van der Waals surface area (Å²) in [5, 5.41) is 15.3. The lowest BCUT2D eigenvalue weighted by Crippen LogP contribution is -2.38. The summed E-state index contributed by atoms with van der Waals surface area (Å²) in [7, 11) is 0. The van der Waals surface area contributed by atoms with E-state index in [1.54, 1.807) is 31.2 Å². The van der Waals surface area contributed by atoms with Gasteiger partial charge in [0.05, 0.1) is 6.54 Å². The maximum Gasteiger partial charge on any atom is 0.260 e. The van der Waals surface area contributed by atoms with Gasteiger partial charge in [0, 0.05) is 11.6 Å². The van der Waals surface area contributed by atoms with Crippen LogP contribution in [0.15, 0.2) is 54.6 Å². The fourth-order valence-corrected chi connectivity index (χ4v) is 3.23. The first-order valence-corrected chi connectivity index (χ1v) is 10.5. The topological polar surface area (TPSA) is 90.6 Å². The summed E-state index contributed by atoms with van der Waals surface area (Å²) in [5.74, 6) is 0.808. The molecule has 0 aliphatic heterocycles. The van der Waals surface area contributed by atoms with E-state index in [2.05, 4.69) is 20.6 Å². The first-order valence-electron chi connectivity index (χ1n) is 10.5. The van der Waals surface area contributed by atoms with Gasteiger partial charge >= 0.3 is 0 Å². The van der Waals surface area contributed by atoms with E-state index in [-0.39, 0.29) is 24.9 Å². The summed E-state index contributed by atoms with van der Waals surface area (Å²) in [6, 6.07) is 15.2. The van der Waals surface area contributed by atoms with Crippen LogP contribution in [-0.4, -0.2) is 45.0 Å². The number of halogens is 1. The molecule has 1 N–H and O–H groups in total. The Morgan fingerprint density at radius 1 is 1.12 bits per heavy atom. The Morgan fingerprint density at radius 3 is 2.76 bits per heavy atom. The Labute approximate surface area is 190 Å². The van der Waals surface area contributed by atoms with Crippen LogP contribution >= 0.6 is 0 Å². The predicted octanol–water partition coefficient (Wildman–Crippen LogP) is 3.51. The summed E-state index contributed by atoms with van der Waals surface area (Å²) < 4.78 is 26.5. The van der Waals surface area contributed by atoms with Crippen LogP contribution < -0.4 is 14.8 Å². The van der Waals surface area contributed by atoms with Crippen molar-refractivity contribution in [1.82, 2.24) is 25.1 Å². The highest BCUT2D eigenvalue weighted by Crippen LogP contribution is 2.22. The van der Waals surface area contributed by atoms with Gasteiger partial charge in [-0.3, -0.25) is 4.79 Å². The van der Waals surface area contributed by atoms with Crippen molar-refractivity contribution < 1.29 is 18.7 Å². The highest BCUT2D eigenvalue weighted by atomic mass is 19.1. The summed E-state index contributed by atoms with van der Waals surface area (Å²) in [6.45, 7) is 6.14. The van der Waals surface area contributed by atoms with Crippen molar-refractivity contribution in [2.75, 3.05) is 13.2 Å². The van der Waals surface area contributed by atoms with Crippen LogP contribution in [-0.2, 0) is 4.79 Å². The third kappa shape index (κ3) is 5.08. The maximum absolute atomic E-state index is 13.6. The molecule has 0 spiro atoms. The van der Waals surface area contributed by atoms with E-state index in [1.807, 2.05) is 32.0 Å². The molecule has 4 aromatic rings. The molecule has 0 saturated carbocycles. The van der Waals surface area contributed by atoms with Crippen molar-refractivity contribution in [3.63, 3.8) is 0 Å². The normalized spacial score (nSPS) is 11.9. The molecule has 9 heteroatoms. The molecule has 0 radical (unpaired) electrons. The number of hydrogen-bond donors (Lipinski definition) is 1. The molecule has 33 heavy (non-hydrogen) atoms. The van der Waals surface area contributed by atoms with Crippen LogP contribution in [0.3, 0.4) is 0 Å². The summed E-state index contributed by atoms with van der Waals surface area (Å²) in [4.78, 5) is 12.4. The van der Waals surface area contributed by atoms with Gasteiger partial charge in [0.2, 0.25) is 5.88 Å². The molecule has 0 aliphatic carbocycles. The number of fused-ring (bicyclic) bond motifs is 1. The largest absolute Gasteiger partial charge is 0.481 e. The Balaban J connectivity index is 1.33. The van der Waals surface area contributed by atoms with Gasteiger partial charge in [0.25, 0.3) is 5.91 Å². The van der Waals surface area contributed by atoms with Gasteiger partial charge in [-0.2, -0.15) is 4.52 Å². The van der Waals surface area contributed by atoms with Crippen molar-refractivity contribution in [3.8, 4) is 23.0 Å². The molecule has 2 heterocycles. The second-order valence-corrected chi connectivity index (χ2v) is 7.57. The number of ether oxygens (including phenoxy) is 2. The molecule has 2 aromatic carbocycles. The van der Waals surface area contributed by atoms with Crippen molar-refractivity contribution >= 4 is 11.6 Å². The molecule has 4 rings (SSSR count). The van der Waals surface area contributed by atoms with Crippen molar-refractivity contribution in [3.05, 3.63) is 71.5 Å². The average Bonchev–Trinajstić information content (AvgIpc) is 3.23. The molecule has 2 aromatic heterocycles. The van der Waals surface area contributed by atoms with E-state index in [0.717, 1.165) is 11.1 Å². The molecular weight excluding hydrogens is 425 g/mol. The number of benzene rings is 2. The first-order chi connectivity index (χ1) is 15.9. The SMILES string of the molecule is Cc1cccc(OC(C)C(=O)NCCOc2ccc3nnc(-c4cccc(F)c4)n3n2)c1C. The lowest BCUT2D eigenvalue weighted by molar-refractivity contribution is -0.127. The van der Waals surface area contributed by atoms with Crippen LogP contribution in [0.4, 0.5) is 4.39 Å². The van der Waals surface area contributed by atoms with Crippen LogP contribution in [0.5, 0.6) is 11.6 Å². The molecule has 1 unspecified atom stereocenters. The van der Waals surface area contributed by atoms with Gasteiger partial charge in [0.1, 0.15) is 18.2 Å². The van der Waals surface area contributed by atoms with E-state index in [4.69, 9.17) is 9.47 Å². The molecule has 1 atom stereocenters. The molecule has 0 fully saturated rings. The fraction of sp³-hybridized carbons (Fsp3) is 0.250. The van der Waals surface area contributed by atoms with Gasteiger partial charge in [0.15, 0.2) is 17.6 Å². The van der Waals surface area contributed by atoms with Crippen molar-refractivity contribution in [2.45, 2.75) is 26.9 Å². The highest BCUT2D eigenvalue weighted by molar-refractivity contribution is 5.80. The molecule has 170 valence electrons. The number of hydrogen-bond acceptors (Lipinski definition) is 6. The van der Waals surface area contributed by atoms with E-state index >= 15 is 0 Å². The van der Waals surface area contributed by atoms with Gasteiger partial charge in [-0.05, 0) is 56.2 Å². The van der Waals surface area contributed by atoms with Crippen LogP contribution in [0.2, 0.25) is 0 Å². The lowest BCUT2D eigenvalue weighted by atomic mass is 10.1. The zero-order valence-electron chi connectivity index (χ0n) is 18.6. The second-order valence-electron chi connectivity index (χ2n) is 7.57. The van der Waals surface area contributed by atoms with Gasteiger partial charge in [-0.15, -0.1) is 15.3 Å². The van der Waals surface area contributed by atoms with Crippen molar-refractivity contribution in [1.29, 1.82) is 0 Å². The Hall–Kier alpha value is -4.01. The number of nitrogens with one attached hydrogen (secondary N) is 1. The highest BCUT2D eigenvalue weighted by Gasteiger charge is 2.16. The minimum Gasteiger partial charge on any atom is -0.481 e. The number of rotatable bonds is 8. The van der Waals surface area contributed by atoms with Gasteiger partial charge < -0.3 is 14.8 Å². The first kappa shape index (κ1) is 22.2. The monoisotopic (exact) mass is 449 g/mol. The van der Waals surface area contributed by atoms with E-state index in [1.165, 1.54) is 16.6 Å². The number of aryl methyl sites for hydroxylation is 1. The minimum atomic E-state index is -0.647. The van der Waals surface area contributed by atoms with Gasteiger partial charge in [-0.1, -0.05) is 24.3 Å². The zero-order chi connectivity index (χ0) is 23.4. The van der Waals surface area contributed by atoms with E-state index in [9.17, 15) is 9.18 Å². The molecule has 0 saturated heterocycles. The van der Waals surface area contributed by atoms with Crippen LogP contribution in [0.25, 0.3) is 17.0 Å². The third-order valence-corrected chi connectivity index (χ3v) is 5.20. The van der Waals surface area contributed by atoms with E-state index in [0.29, 0.717) is 28.7 Å². The molecule has 0 bridgehead atoms. The zero-order valence-corrected chi connectivity index (χ0v) is 18.6. The number of carbonyl (C=O) groups excluding carboxylic acids is 1. The quantitative estimate of drug-likeness (QED) is 0.414. The Kier molecular flexibility index (Phi) is 6.48. The number of nitrogens with zero attached hydrogens (tertiary/aromatic N) is 4. The fourth-order valence-electron chi connectivity index (χ4n) is 3.23. The number of aromatic nitrogens is 4. The number of carbonyl (C=O) groups is 1. The maximum atomic E-state index is 13.6.